The molecule has 2 aromatic carbocycles. The monoisotopic (exact) mass is 1310 g/mol. The van der Waals surface area contributed by atoms with Gasteiger partial charge in [0.2, 0.25) is 70.9 Å². The highest BCUT2D eigenvalue weighted by molar-refractivity contribution is 6.00. The van der Waals surface area contributed by atoms with Gasteiger partial charge in [0, 0.05) is 75.3 Å². The predicted molar refractivity (Wildman–Crippen MR) is 356 cm³/mol. The molecule has 25 heteroatoms. The van der Waals surface area contributed by atoms with E-state index in [1.165, 1.54) is 77.9 Å². The number of likely N-dealkylation sites (N-methyl/N-ethyl adjacent to an activating group) is 7. The van der Waals surface area contributed by atoms with Gasteiger partial charge in [0.05, 0.1) is 19.1 Å². The fourth-order valence-electron chi connectivity index (χ4n) is 11.9. The van der Waals surface area contributed by atoms with Crippen molar-refractivity contribution in [3.05, 3.63) is 71.8 Å². The van der Waals surface area contributed by atoms with E-state index in [0.717, 1.165) is 38.9 Å². The number of hydrogen-bond acceptors (Lipinski definition) is 13. The van der Waals surface area contributed by atoms with Crippen LogP contribution < -0.4 is 21.3 Å². The van der Waals surface area contributed by atoms with Gasteiger partial charge in [0.1, 0.15) is 60.4 Å². The maximum Gasteiger partial charge on any atom is 0.248 e. The second-order valence-corrected chi connectivity index (χ2v) is 27.4. The molecule has 0 aromatic heterocycles. The molecule has 2 aromatic rings. The number of aliphatic hydroxyl groups is 1. The maximum absolute atomic E-state index is 15.5. The summed E-state index contributed by atoms with van der Waals surface area (Å²) in [5.74, 6) is -10.2. The molecule has 2 aliphatic heterocycles. The Morgan fingerprint density at radius 2 is 1.01 bits per heavy atom. The van der Waals surface area contributed by atoms with Gasteiger partial charge in [-0.3, -0.25) is 57.5 Å². The molecule has 0 bridgehead atoms. The number of aliphatic hydroxyl groups excluding tert-OH is 1. The van der Waals surface area contributed by atoms with Crippen molar-refractivity contribution in [3.8, 4) is 0 Å². The SMILES string of the molecule is CC(C)C[C@H]1C(=O)N(C)[C@@H](Cc2ccccc2)C(=O)N[C@@H]([C@@H](C)O)C(=O)N(C)[C@@H](C)C(=O)N(C)[C@@H](CC(C)C)C(=O)N[C@@H](C(C)C)C(=O)N(C)[C@@H](CC(C)C)C(=O)N[C@H](C(=O)N(C)[C@@H](Cc2ccccc2)C(=O)N[C@@H](C)C(=O)N2CCCCC2)CC(=O)N(C)CC(=O)N1C. The van der Waals surface area contributed by atoms with E-state index in [1.807, 2.05) is 41.5 Å². The highest BCUT2D eigenvalue weighted by atomic mass is 16.3. The molecule has 0 aliphatic carbocycles. The van der Waals surface area contributed by atoms with Gasteiger partial charge in [-0.15, -0.1) is 0 Å². The lowest BCUT2D eigenvalue weighted by Gasteiger charge is -2.38. The minimum atomic E-state index is -1.77. The Morgan fingerprint density at radius 1 is 0.553 bits per heavy atom. The van der Waals surface area contributed by atoms with E-state index in [9.17, 15) is 43.5 Å². The number of nitrogens with one attached hydrogen (secondary N) is 4. The second kappa shape index (κ2) is 36.1. The maximum atomic E-state index is 15.5. The van der Waals surface area contributed by atoms with Crippen LogP contribution in [0.1, 0.15) is 132 Å². The van der Waals surface area contributed by atoms with Crippen molar-refractivity contribution >= 4 is 70.9 Å². The zero-order chi connectivity index (χ0) is 70.7. The van der Waals surface area contributed by atoms with E-state index in [2.05, 4.69) is 21.3 Å². The number of amides is 12. The lowest BCUT2D eigenvalue weighted by molar-refractivity contribution is -0.152. The first-order valence-corrected chi connectivity index (χ1v) is 33.1. The van der Waals surface area contributed by atoms with Crippen LogP contribution in [-0.4, -0.2) is 251 Å². The van der Waals surface area contributed by atoms with Crippen molar-refractivity contribution < 1.29 is 62.6 Å². The molecule has 5 N–H and O–H groups in total. The molecule has 522 valence electrons. The Bertz CT molecular complexity index is 2940. The highest BCUT2D eigenvalue weighted by Crippen LogP contribution is 2.23. The predicted octanol–water partition coefficient (Wildman–Crippen LogP) is 2.46. The number of benzene rings is 2. The van der Waals surface area contributed by atoms with E-state index >= 15 is 19.2 Å². The van der Waals surface area contributed by atoms with Crippen molar-refractivity contribution in [2.75, 3.05) is 69.0 Å². The van der Waals surface area contributed by atoms with Crippen LogP contribution in [0.2, 0.25) is 0 Å². The lowest BCUT2D eigenvalue weighted by Crippen LogP contribution is -2.62. The third kappa shape index (κ3) is 21.5. The molecule has 0 radical (unpaired) electrons. The minimum absolute atomic E-state index is 0.00956. The summed E-state index contributed by atoms with van der Waals surface area (Å²) in [7, 11) is 9.51. The summed E-state index contributed by atoms with van der Waals surface area (Å²) in [6.07, 6.45) is 0.287. The van der Waals surface area contributed by atoms with E-state index in [-0.39, 0.29) is 55.8 Å². The summed E-state index contributed by atoms with van der Waals surface area (Å²) in [5.41, 5.74) is 1.26. The number of carbonyl (C=O) groups excluding carboxylic acids is 12. The number of rotatable bonds is 17. The molecule has 2 heterocycles. The van der Waals surface area contributed by atoms with E-state index in [1.54, 1.807) is 86.3 Å². The van der Waals surface area contributed by atoms with Crippen LogP contribution in [0.4, 0.5) is 0 Å². The zero-order valence-electron chi connectivity index (χ0n) is 58.8. The molecule has 94 heavy (non-hydrogen) atoms. The minimum Gasteiger partial charge on any atom is -0.391 e. The molecule has 12 amide bonds. The van der Waals surface area contributed by atoms with Crippen molar-refractivity contribution in [1.29, 1.82) is 0 Å². The summed E-state index contributed by atoms with van der Waals surface area (Å²) < 4.78 is 0. The van der Waals surface area contributed by atoms with E-state index in [4.69, 9.17) is 0 Å². The van der Waals surface area contributed by atoms with Crippen LogP contribution in [0.25, 0.3) is 0 Å². The van der Waals surface area contributed by atoms with Crippen molar-refractivity contribution in [3.63, 3.8) is 0 Å². The average Bonchev–Trinajstić information content (AvgIpc) is 1.08. The first-order chi connectivity index (χ1) is 44.0. The van der Waals surface area contributed by atoms with Gasteiger partial charge in [0.15, 0.2) is 0 Å². The fourth-order valence-corrected chi connectivity index (χ4v) is 11.9. The molecular weight excluding hydrogens is 1200 g/mol. The molecule has 0 spiro atoms. The molecule has 2 aliphatic rings. The first-order valence-electron chi connectivity index (χ1n) is 33.1. The molecular formula is C69H108N12O13. The Labute approximate surface area is 556 Å². The quantitative estimate of drug-likeness (QED) is 0.152. The molecule has 25 nitrogen and oxygen atoms in total. The van der Waals surface area contributed by atoms with Crippen LogP contribution in [-0.2, 0) is 70.4 Å². The zero-order valence-corrected chi connectivity index (χ0v) is 58.8. The Kier molecular flexibility index (Phi) is 30.1. The van der Waals surface area contributed by atoms with Crippen molar-refractivity contribution in [2.45, 2.75) is 200 Å². The Morgan fingerprint density at radius 3 is 1.52 bits per heavy atom. The standard InChI is InChI=1S/C69H108N12O13/c1-41(2)34-51-61(86)71-50(66(91)78(16)53(37-48-28-22-19-23-29-48)60(85)70-45(9)64(89)81-32-26-21-27-33-81)39-56(83)74(12)40-57(84)76(14)55(36-43(5)6)67(92)79(17)54(38-49-30-24-20-25-31-49)63(88)73-59(47(11)82)69(94)75(13)46(10)65(90)77(15)52(35-42(3)4)62(87)72-58(44(7)8)68(93)80(51)18/h19-20,22-25,28-31,41-47,50-55,58-59,82H,21,26-27,32-40H2,1-18H3,(H,70,85)(H,71,86)(H,72,87)(H,73,88)/t45-,46-,47+,50-,51-,52-,53-,54-,55-,58-,59-/m0/s1. The normalized spacial score (nSPS) is 24.1. The van der Waals surface area contributed by atoms with Crippen LogP contribution in [0.15, 0.2) is 60.7 Å². The van der Waals surface area contributed by atoms with Gasteiger partial charge in [-0.05, 0) is 94.1 Å². The van der Waals surface area contributed by atoms with Crippen LogP contribution in [0, 0.1) is 23.7 Å². The summed E-state index contributed by atoms with van der Waals surface area (Å²) >= 11 is 0. The molecule has 2 fully saturated rings. The lowest BCUT2D eigenvalue weighted by atomic mass is 9.96. The van der Waals surface area contributed by atoms with E-state index in [0.29, 0.717) is 24.2 Å². The smallest absolute Gasteiger partial charge is 0.248 e. The molecule has 2 saturated heterocycles. The number of piperidine rings is 1. The van der Waals surface area contributed by atoms with E-state index < -0.39 is 150 Å². The van der Waals surface area contributed by atoms with Crippen molar-refractivity contribution in [1.82, 2.24) is 60.5 Å². The summed E-state index contributed by atoms with van der Waals surface area (Å²) in [5, 5.41) is 22.3. The fraction of sp³-hybridized carbons (Fsp3) is 0.652. The molecule has 11 atom stereocenters. The highest BCUT2D eigenvalue weighted by Gasteiger charge is 2.44. The number of nitrogens with zero attached hydrogens (tertiary/aromatic N) is 8. The molecule has 4 rings (SSSR count). The molecule has 0 saturated carbocycles. The molecule has 0 unspecified atom stereocenters. The van der Waals surface area contributed by atoms with Gasteiger partial charge in [-0.2, -0.15) is 0 Å². The first kappa shape index (κ1) is 78.5. The topological polar surface area (TPSA) is 299 Å². The third-order valence-corrected chi connectivity index (χ3v) is 18.0. The van der Waals surface area contributed by atoms with Gasteiger partial charge >= 0.3 is 0 Å². The third-order valence-electron chi connectivity index (χ3n) is 18.0. The van der Waals surface area contributed by atoms with Crippen molar-refractivity contribution in [2.24, 2.45) is 23.7 Å². The van der Waals surface area contributed by atoms with Gasteiger partial charge in [-0.25, -0.2) is 0 Å². The Balaban J connectivity index is 1.94. The second-order valence-electron chi connectivity index (χ2n) is 27.4. The van der Waals surface area contributed by atoms with Crippen LogP contribution >= 0.6 is 0 Å². The van der Waals surface area contributed by atoms with Gasteiger partial charge in [-0.1, -0.05) is 116 Å². The summed E-state index contributed by atoms with van der Waals surface area (Å²) in [6, 6.07) is 4.03. The Hall–Kier alpha value is -7.96. The van der Waals surface area contributed by atoms with Crippen LogP contribution in [0.3, 0.4) is 0 Å². The number of carbonyl (C=O) groups is 12. The summed E-state index contributed by atoms with van der Waals surface area (Å²) in [4.78, 5) is 187. The van der Waals surface area contributed by atoms with Crippen LogP contribution in [0.5, 0.6) is 0 Å². The van der Waals surface area contributed by atoms with Gasteiger partial charge < -0.3 is 65.6 Å². The van der Waals surface area contributed by atoms with Gasteiger partial charge in [0.25, 0.3) is 0 Å². The largest absolute Gasteiger partial charge is 0.391 e. The average molecular weight is 1310 g/mol. The number of likely N-dealkylation sites (tertiary alicyclic amines) is 1. The number of hydrogen-bond donors (Lipinski definition) is 5. The summed E-state index contributed by atoms with van der Waals surface area (Å²) in [6.45, 7) is 19.0.